The number of aromatic nitrogens is 5. The fraction of sp³-hybridized carbons (Fsp3) is 0.111. The van der Waals surface area contributed by atoms with Crippen molar-refractivity contribution in [3.63, 3.8) is 0 Å². The lowest BCUT2D eigenvalue weighted by Crippen LogP contribution is -2.17. The third-order valence-electron chi connectivity index (χ3n) is 3.91. The van der Waals surface area contributed by atoms with E-state index in [1.54, 1.807) is 34.7 Å². The van der Waals surface area contributed by atoms with Gasteiger partial charge in [-0.15, -0.1) is 0 Å². The minimum absolute atomic E-state index is 0.259. The smallest absolute Gasteiger partial charge is 0.279 e. The van der Waals surface area contributed by atoms with Crippen molar-refractivity contribution in [3.05, 3.63) is 78.4 Å². The molecule has 0 spiro atoms. The van der Waals surface area contributed by atoms with E-state index in [0.717, 1.165) is 11.3 Å². The number of aryl methyl sites for hydroxylation is 1. The summed E-state index contributed by atoms with van der Waals surface area (Å²) in [5, 5.41) is 11.5. The van der Waals surface area contributed by atoms with E-state index in [1.807, 2.05) is 36.5 Å². The molecule has 26 heavy (non-hydrogen) atoms. The lowest BCUT2D eigenvalue weighted by Gasteiger charge is -2.07. The Kier molecular flexibility index (Phi) is 4.06. The van der Waals surface area contributed by atoms with Crippen LogP contribution >= 0.6 is 0 Å². The molecule has 1 aromatic carbocycles. The highest BCUT2D eigenvalue weighted by Gasteiger charge is 2.15. The Morgan fingerprint density at radius 3 is 2.81 bits per heavy atom. The number of nitrogens with one attached hydrogen (secondary N) is 1. The number of benzene rings is 1. The summed E-state index contributed by atoms with van der Waals surface area (Å²) in [5.74, 6) is 0.709. The largest absolute Gasteiger partial charge is 0.448 e. The lowest BCUT2D eigenvalue weighted by molar-refractivity contribution is 0.102. The topological polar surface area (TPSA) is 90.8 Å². The Balaban J connectivity index is 1.50. The molecule has 0 aliphatic carbocycles. The first-order valence-electron chi connectivity index (χ1n) is 8.03. The Hall–Kier alpha value is -3.68. The average molecular weight is 348 g/mol. The van der Waals surface area contributed by atoms with Crippen LogP contribution in [-0.4, -0.2) is 30.5 Å². The van der Waals surface area contributed by atoms with E-state index >= 15 is 0 Å². The van der Waals surface area contributed by atoms with E-state index in [9.17, 15) is 4.79 Å². The Bertz CT molecular complexity index is 1030. The molecule has 8 heteroatoms. The molecule has 0 unspecified atom stereocenters. The normalized spacial score (nSPS) is 10.8. The van der Waals surface area contributed by atoms with Crippen LogP contribution in [0.1, 0.15) is 21.8 Å². The second kappa shape index (κ2) is 6.67. The number of carbonyl (C=O) groups excluding carboxylic acids is 1. The molecular weight excluding hydrogens is 332 g/mol. The van der Waals surface area contributed by atoms with E-state index in [2.05, 4.69) is 20.5 Å². The molecule has 4 rings (SSSR count). The van der Waals surface area contributed by atoms with Crippen molar-refractivity contribution in [1.82, 2.24) is 24.5 Å². The molecule has 3 heterocycles. The molecule has 0 radical (unpaired) electrons. The van der Waals surface area contributed by atoms with Crippen LogP contribution in [-0.2, 0) is 6.54 Å². The van der Waals surface area contributed by atoms with Crippen molar-refractivity contribution in [3.8, 4) is 5.69 Å². The van der Waals surface area contributed by atoms with Gasteiger partial charge in [0.2, 0.25) is 0 Å². The molecule has 4 aromatic rings. The van der Waals surface area contributed by atoms with Gasteiger partial charge in [-0.1, -0.05) is 18.2 Å². The molecule has 1 N–H and O–H groups in total. The Morgan fingerprint density at radius 1 is 1.19 bits per heavy atom. The summed E-state index contributed by atoms with van der Waals surface area (Å²) < 4.78 is 8.57. The molecule has 3 aromatic heterocycles. The van der Waals surface area contributed by atoms with Gasteiger partial charge in [0.05, 0.1) is 24.6 Å². The minimum Gasteiger partial charge on any atom is -0.448 e. The van der Waals surface area contributed by atoms with Gasteiger partial charge in [-0.25, -0.2) is 14.3 Å². The maximum atomic E-state index is 12.3. The van der Waals surface area contributed by atoms with Crippen molar-refractivity contribution in [2.75, 3.05) is 5.32 Å². The highest BCUT2D eigenvalue weighted by molar-refractivity contribution is 6.02. The lowest BCUT2D eigenvalue weighted by atomic mass is 10.3. The van der Waals surface area contributed by atoms with E-state index in [-0.39, 0.29) is 11.6 Å². The van der Waals surface area contributed by atoms with Gasteiger partial charge in [0, 0.05) is 17.8 Å². The first-order chi connectivity index (χ1) is 12.7. The van der Waals surface area contributed by atoms with E-state index in [0.29, 0.717) is 18.1 Å². The predicted octanol–water partition coefficient (Wildman–Crippen LogP) is 2.67. The summed E-state index contributed by atoms with van der Waals surface area (Å²) >= 11 is 0. The average Bonchev–Trinajstić information content (AvgIpc) is 3.38. The van der Waals surface area contributed by atoms with Gasteiger partial charge in [-0.3, -0.25) is 4.79 Å². The van der Waals surface area contributed by atoms with Crippen LogP contribution in [0.25, 0.3) is 5.69 Å². The highest BCUT2D eigenvalue weighted by atomic mass is 16.3. The van der Waals surface area contributed by atoms with Gasteiger partial charge in [0.1, 0.15) is 11.6 Å². The van der Waals surface area contributed by atoms with Gasteiger partial charge in [0.25, 0.3) is 5.91 Å². The van der Waals surface area contributed by atoms with Crippen LogP contribution < -0.4 is 5.32 Å². The number of oxazole rings is 1. The number of para-hydroxylation sites is 1. The maximum absolute atomic E-state index is 12.3. The minimum atomic E-state index is -0.335. The first kappa shape index (κ1) is 15.8. The molecule has 0 saturated heterocycles. The molecule has 1 amide bonds. The summed E-state index contributed by atoms with van der Waals surface area (Å²) in [7, 11) is 0. The summed E-state index contributed by atoms with van der Waals surface area (Å²) in [4.78, 5) is 16.2. The summed E-state index contributed by atoms with van der Waals surface area (Å²) in [6.07, 6.45) is 6.60. The molecule has 0 aliphatic rings. The van der Waals surface area contributed by atoms with Crippen molar-refractivity contribution in [2.24, 2.45) is 0 Å². The van der Waals surface area contributed by atoms with Crippen molar-refractivity contribution < 1.29 is 9.21 Å². The van der Waals surface area contributed by atoms with Crippen LogP contribution in [0.4, 0.5) is 5.82 Å². The molecular formula is C18H16N6O2. The maximum Gasteiger partial charge on any atom is 0.279 e. The van der Waals surface area contributed by atoms with Gasteiger partial charge in [0.15, 0.2) is 12.1 Å². The molecule has 0 fully saturated rings. The summed E-state index contributed by atoms with van der Waals surface area (Å²) in [6, 6.07) is 11.6. The second-order valence-electron chi connectivity index (χ2n) is 5.71. The third kappa shape index (κ3) is 3.12. The van der Waals surface area contributed by atoms with Crippen molar-refractivity contribution in [1.29, 1.82) is 0 Å². The Morgan fingerprint density at radius 2 is 2.04 bits per heavy atom. The molecule has 0 atom stereocenters. The van der Waals surface area contributed by atoms with E-state index in [1.165, 1.54) is 6.39 Å². The van der Waals surface area contributed by atoms with Crippen molar-refractivity contribution >= 4 is 11.7 Å². The molecule has 130 valence electrons. The van der Waals surface area contributed by atoms with Gasteiger partial charge >= 0.3 is 0 Å². The number of rotatable bonds is 5. The van der Waals surface area contributed by atoms with Gasteiger partial charge in [-0.2, -0.15) is 10.2 Å². The number of anilines is 1. The zero-order valence-electron chi connectivity index (χ0n) is 14.0. The van der Waals surface area contributed by atoms with Gasteiger partial charge < -0.3 is 9.73 Å². The number of amides is 1. The number of hydrogen-bond acceptors (Lipinski definition) is 5. The number of nitrogens with zero attached hydrogens (tertiary/aromatic N) is 5. The monoisotopic (exact) mass is 348 g/mol. The standard InChI is InChI=1S/C18H16N6O2/c1-13-17(19-12-26-13)18(25)22-16-7-8-20-24(16)11-14-9-21-23(10-14)15-5-3-2-4-6-15/h2-10,12H,11H2,1H3,(H,22,25). The fourth-order valence-electron chi connectivity index (χ4n) is 2.60. The van der Waals surface area contributed by atoms with Crippen LogP contribution in [0.2, 0.25) is 0 Å². The number of carbonyl (C=O) groups is 1. The van der Waals surface area contributed by atoms with Crippen LogP contribution in [0.15, 0.2) is 65.8 Å². The molecule has 8 nitrogen and oxygen atoms in total. The zero-order chi connectivity index (χ0) is 17.9. The third-order valence-corrected chi connectivity index (χ3v) is 3.91. The highest BCUT2D eigenvalue weighted by Crippen LogP contribution is 2.14. The quantitative estimate of drug-likeness (QED) is 0.599. The van der Waals surface area contributed by atoms with Crippen LogP contribution in [0.5, 0.6) is 0 Å². The zero-order valence-corrected chi connectivity index (χ0v) is 14.0. The predicted molar refractivity (Wildman–Crippen MR) is 94.1 cm³/mol. The van der Waals surface area contributed by atoms with E-state index in [4.69, 9.17) is 4.42 Å². The fourth-order valence-corrected chi connectivity index (χ4v) is 2.60. The van der Waals surface area contributed by atoms with Crippen LogP contribution in [0.3, 0.4) is 0 Å². The van der Waals surface area contributed by atoms with Crippen molar-refractivity contribution in [2.45, 2.75) is 13.5 Å². The Labute approximate surface area is 149 Å². The van der Waals surface area contributed by atoms with Crippen LogP contribution in [0, 0.1) is 6.92 Å². The summed E-state index contributed by atoms with van der Waals surface area (Å²) in [5.41, 5.74) is 2.20. The second-order valence-corrected chi connectivity index (χ2v) is 5.71. The molecule has 0 aliphatic heterocycles. The number of hydrogen-bond donors (Lipinski definition) is 1. The first-order valence-corrected chi connectivity index (χ1v) is 8.03. The van der Waals surface area contributed by atoms with Gasteiger partial charge in [-0.05, 0) is 19.1 Å². The van der Waals surface area contributed by atoms with E-state index < -0.39 is 0 Å². The SMILES string of the molecule is Cc1ocnc1C(=O)Nc1ccnn1Cc1cnn(-c2ccccc2)c1. The molecule has 0 saturated carbocycles. The summed E-state index contributed by atoms with van der Waals surface area (Å²) in [6.45, 7) is 2.17. The molecule has 0 bridgehead atoms.